The second-order valence-electron chi connectivity index (χ2n) is 12.0. The van der Waals surface area contributed by atoms with Gasteiger partial charge in [-0.2, -0.15) is 9.97 Å². The highest BCUT2D eigenvalue weighted by molar-refractivity contribution is 7.22. The smallest absolute Gasteiger partial charge is 0.319 e. The van der Waals surface area contributed by atoms with Crippen LogP contribution in [0.3, 0.4) is 0 Å². The fraction of sp³-hybridized carbons (Fsp3) is 0.517. The SMILES string of the molecule is Nc1nc2c(-c3cc4nc(OC[C@@]56CCCN5C[C@H](F)C6)nc(N5CCNCC5)c4c(=O)n3C3CC3)ccc(F)c2s1. The lowest BCUT2D eigenvalue weighted by molar-refractivity contribution is 0.107. The summed E-state index contributed by atoms with van der Waals surface area (Å²) in [5.74, 6) is 0.158. The Balaban J connectivity index is 1.30. The molecule has 2 atom stereocenters. The highest BCUT2D eigenvalue weighted by atomic mass is 32.1. The van der Waals surface area contributed by atoms with Crippen LogP contribution in [0.1, 0.15) is 38.1 Å². The fourth-order valence-electron chi connectivity index (χ4n) is 7.10. The number of nitrogens with zero attached hydrogens (tertiary/aromatic N) is 6. The highest BCUT2D eigenvalue weighted by Crippen LogP contribution is 2.43. The van der Waals surface area contributed by atoms with Crippen LogP contribution < -0.4 is 26.2 Å². The van der Waals surface area contributed by atoms with E-state index in [0.29, 0.717) is 70.9 Å². The first-order chi connectivity index (χ1) is 20.4. The Morgan fingerprint density at radius 3 is 2.81 bits per heavy atom. The summed E-state index contributed by atoms with van der Waals surface area (Å²) in [5.41, 5.74) is 7.61. The van der Waals surface area contributed by atoms with Crippen molar-refractivity contribution in [3.05, 3.63) is 34.4 Å². The van der Waals surface area contributed by atoms with E-state index in [1.165, 1.54) is 6.07 Å². The lowest BCUT2D eigenvalue weighted by atomic mass is 9.95. The number of rotatable bonds is 6. The number of nitrogens with two attached hydrogens (primary N) is 1. The quantitative estimate of drug-likeness (QED) is 0.346. The number of nitrogens with one attached hydrogen (secondary N) is 1. The van der Waals surface area contributed by atoms with Crippen LogP contribution in [-0.4, -0.2) is 82.0 Å². The summed E-state index contributed by atoms with van der Waals surface area (Å²) < 4.78 is 37.6. The number of hydrogen-bond acceptors (Lipinski definition) is 10. The van der Waals surface area contributed by atoms with E-state index >= 15 is 0 Å². The van der Waals surface area contributed by atoms with Crippen LogP contribution in [0, 0.1) is 5.82 Å². The van der Waals surface area contributed by atoms with Gasteiger partial charge in [-0.25, -0.2) is 13.8 Å². The van der Waals surface area contributed by atoms with Crippen molar-refractivity contribution >= 4 is 43.4 Å². The number of pyridine rings is 1. The fourth-order valence-corrected chi connectivity index (χ4v) is 7.87. The predicted octanol–water partition coefficient (Wildman–Crippen LogP) is 3.49. The average Bonchev–Trinajstić information content (AvgIpc) is 3.50. The second kappa shape index (κ2) is 9.81. The number of fused-ring (bicyclic) bond motifs is 3. The van der Waals surface area contributed by atoms with Crippen LogP contribution in [0.25, 0.3) is 32.4 Å². The Morgan fingerprint density at radius 2 is 2.00 bits per heavy atom. The van der Waals surface area contributed by atoms with Gasteiger partial charge in [0.25, 0.3) is 5.56 Å². The number of ether oxygens (including phenoxy) is 1. The third-order valence-corrected chi connectivity index (χ3v) is 10.1. The molecule has 0 spiro atoms. The van der Waals surface area contributed by atoms with Crippen LogP contribution in [0.2, 0.25) is 0 Å². The van der Waals surface area contributed by atoms with Crippen molar-refractivity contribution < 1.29 is 13.5 Å². The van der Waals surface area contributed by atoms with Gasteiger partial charge in [0.1, 0.15) is 29.8 Å². The molecule has 4 aromatic rings. The maximum Gasteiger partial charge on any atom is 0.319 e. The molecular weight excluding hydrogens is 562 g/mol. The van der Waals surface area contributed by atoms with Crippen LogP contribution in [0.4, 0.5) is 19.7 Å². The molecule has 8 rings (SSSR count). The molecule has 0 radical (unpaired) electrons. The van der Waals surface area contributed by atoms with E-state index in [0.717, 1.165) is 56.7 Å². The first-order valence-electron chi connectivity index (χ1n) is 14.7. The van der Waals surface area contributed by atoms with Gasteiger partial charge in [-0.15, -0.1) is 0 Å². The van der Waals surface area contributed by atoms with E-state index in [4.69, 9.17) is 20.4 Å². The summed E-state index contributed by atoms with van der Waals surface area (Å²) in [7, 11) is 0. The normalized spacial score (nSPS) is 24.6. The molecule has 3 aromatic heterocycles. The number of alkyl halides is 1. The number of benzene rings is 1. The maximum atomic E-state index is 14.7. The van der Waals surface area contributed by atoms with Gasteiger partial charge in [0.05, 0.1) is 27.0 Å². The predicted molar refractivity (Wildman–Crippen MR) is 159 cm³/mol. The summed E-state index contributed by atoms with van der Waals surface area (Å²) in [6, 6.07) is 5.14. The molecule has 42 heavy (non-hydrogen) atoms. The largest absolute Gasteiger partial charge is 0.461 e. The van der Waals surface area contributed by atoms with Crippen molar-refractivity contribution in [2.45, 2.75) is 49.9 Å². The van der Waals surface area contributed by atoms with Crippen molar-refractivity contribution in [1.82, 2.24) is 29.7 Å². The summed E-state index contributed by atoms with van der Waals surface area (Å²) in [6.07, 6.45) is 3.22. The Labute approximate surface area is 244 Å². The molecule has 1 saturated carbocycles. The molecule has 3 saturated heterocycles. The minimum Gasteiger partial charge on any atom is -0.461 e. The Kier molecular flexibility index (Phi) is 6.13. The van der Waals surface area contributed by atoms with Gasteiger partial charge in [-0.3, -0.25) is 9.69 Å². The highest BCUT2D eigenvalue weighted by Gasteiger charge is 2.49. The molecule has 10 nitrogen and oxygen atoms in total. The van der Waals surface area contributed by atoms with Crippen LogP contribution in [0.5, 0.6) is 6.01 Å². The van der Waals surface area contributed by atoms with E-state index in [1.807, 2.05) is 6.07 Å². The minimum absolute atomic E-state index is 0.0308. The van der Waals surface area contributed by atoms with Gasteiger partial charge in [0.2, 0.25) is 0 Å². The lowest BCUT2D eigenvalue weighted by Crippen LogP contribution is -2.45. The standard InChI is InChI=1S/C29H32F2N8O2S/c30-16-13-29(6-1-9-38(29)14-16)15-41-28-34-20-12-21(18-4-5-19(31)24-23(18)35-27(32)42-24)39(17-2-3-17)26(40)22(20)25(36-28)37-10-7-33-8-11-37/h4-5,12,16-17,33H,1-3,6-11,13-15H2,(H2,32,35)/t16-,29+/m1/s1. The third-order valence-electron chi connectivity index (χ3n) is 9.21. The minimum atomic E-state index is -0.862. The maximum absolute atomic E-state index is 14.7. The van der Waals surface area contributed by atoms with E-state index in [1.54, 1.807) is 10.6 Å². The van der Waals surface area contributed by atoms with Crippen molar-refractivity contribution in [2.24, 2.45) is 0 Å². The Bertz CT molecular complexity index is 1770. The molecule has 220 valence electrons. The molecule has 6 heterocycles. The summed E-state index contributed by atoms with van der Waals surface area (Å²) in [6.45, 7) is 4.51. The van der Waals surface area contributed by atoms with Gasteiger partial charge < -0.3 is 25.3 Å². The van der Waals surface area contributed by atoms with Gasteiger partial charge >= 0.3 is 6.01 Å². The zero-order chi connectivity index (χ0) is 28.6. The molecule has 0 unspecified atom stereocenters. The molecule has 0 amide bonds. The number of thiazole rings is 1. The molecule has 1 aromatic carbocycles. The molecule has 4 aliphatic rings. The summed E-state index contributed by atoms with van der Waals surface area (Å²) in [5, 5.41) is 4.07. The number of hydrogen-bond donors (Lipinski definition) is 2. The number of anilines is 2. The summed E-state index contributed by atoms with van der Waals surface area (Å²) in [4.78, 5) is 32.7. The first-order valence-corrected chi connectivity index (χ1v) is 15.5. The molecule has 3 aliphatic heterocycles. The van der Waals surface area contributed by atoms with Crippen LogP contribution >= 0.6 is 11.3 Å². The van der Waals surface area contributed by atoms with Crippen molar-refractivity contribution in [1.29, 1.82) is 0 Å². The van der Waals surface area contributed by atoms with Gasteiger partial charge in [0.15, 0.2) is 5.13 Å². The molecule has 4 fully saturated rings. The third kappa shape index (κ3) is 4.23. The van der Waals surface area contributed by atoms with E-state index in [2.05, 4.69) is 20.1 Å². The van der Waals surface area contributed by atoms with Crippen LogP contribution in [-0.2, 0) is 0 Å². The first kappa shape index (κ1) is 26.2. The lowest BCUT2D eigenvalue weighted by Gasteiger charge is -2.31. The molecule has 1 aliphatic carbocycles. The monoisotopic (exact) mass is 594 g/mol. The Morgan fingerprint density at radius 1 is 1.17 bits per heavy atom. The van der Waals surface area contributed by atoms with Crippen LogP contribution in [0.15, 0.2) is 23.0 Å². The number of aromatic nitrogens is 4. The molecule has 0 bridgehead atoms. The number of piperazine rings is 1. The molecular formula is C29H32F2N8O2S. The topological polar surface area (TPSA) is 114 Å². The number of nitrogen functional groups attached to an aromatic ring is 1. The zero-order valence-electron chi connectivity index (χ0n) is 23.1. The van der Waals surface area contributed by atoms with E-state index < -0.39 is 12.0 Å². The molecule has 3 N–H and O–H groups in total. The summed E-state index contributed by atoms with van der Waals surface area (Å²) >= 11 is 1.09. The van der Waals surface area contributed by atoms with Crippen molar-refractivity contribution in [3.8, 4) is 17.3 Å². The van der Waals surface area contributed by atoms with Crippen molar-refractivity contribution in [2.75, 3.05) is 56.5 Å². The van der Waals surface area contributed by atoms with Gasteiger partial charge in [-0.05, 0) is 50.4 Å². The average molecular weight is 595 g/mol. The van der Waals surface area contributed by atoms with E-state index in [-0.39, 0.29) is 28.3 Å². The Hall–Kier alpha value is -3.42. The van der Waals surface area contributed by atoms with Gasteiger partial charge in [0, 0.05) is 50.7 Å². The van der Waals surface area contributed by atoms with E-state index in [9.17, 15) is 13.6 Å². The molecule has 13 heteroatoms. The second-order valence-corrected chi connectivity index (χ2v) is 13.0. The van der Waals surface area contributed by atoms with Crippen molar-refractivity contribution in [3.63, 3.8) is 0 Å². The zero-order valence-corrected chi connectivity index (χ0v) is 23.9. The number of halogens is 2. The van der Waals surface area contributed by atoms with Gasteiger partial charge in [-0.1, -0.05) is 11.3 Å².